The summed E-state index contributed by atoms with van der Waals surface area (Å²) in [6.45, 7) is 2.30. The lowest BCUT2D eigenvalue weighted by Crippen LogP contribution is -2.11. The highest BCUT2D eigenvalue weighted by Crippen LogP contribution is 2.34. The fourth-order valence-corrected chi connectivity index (χ4v) is 2.32. The number of aromatic nitrogens is 5. The Morgan fingerprint density at radius 2 is 2.12 bits per heavy atom. The minimum absolute atomic E-state index is 0.412. The predicted molar refractivity (Wildman–Crippen MR) is 60.0 cm³/mol. The van der Waals surface area contributed by atoms with Gasteiger partial charge in [-0.3, -0.25) is 5.10 Å². The summed E-state index contributed by atoms with van der Waals surface area (Å²) in [6, 6.07) is 0. The topological polar surface area (TPSA) is 80.5 Å². The molecule has 2 aromatic rings. The molecule has 2 heterocycles. The van der Waals surface area contributed by atoms with Crippen LogP contribution in [0, 0.1) is 5.92 Å². The molecule has 0 bridgehead atoms. The zero-order valence-electron chi connectivity index (χ0n) is 9.76. The monoisotopic (exact) mass is 233 g/mol. The summed E-state index contributed by atoms with van der Waals surface area (Å²) in [5.74, 6) is 3.03. The molecule has 3 rings (SSSR count). The standard InChI is InChI=1S/C11H15N5O/c1-7-2-4-8(5-3-7)11-14-10(16-17-11)9-12-6-13-15-9/h6-8H,2-5H2,1H3,(H,12,13,15). The van der Waals surface area contributed by atoms with Crippen LogP contribution in [-0.2, 0) is 0 Å². The normalized spacial score (nSPS) is 25.0. The van der Waals surface area contributed by atoms with Gasteiger partial charge in [0.2, 0.25) is 11.7 Å². The third-order valence-electron chi connectivity index (χ3n) is 3.43. The molecular weight excluding hydrogens is 218 g/mol. The summed E-state index contributed by atoms with van der Waals surface area (Å²) in [5, 5.41) is 10.4. The van der Waals surface area contributed by atoms with Gasteiger partial charge in [0.1, 0.15) is 6.33 Å². The summed E-state index contributed by atoms with van der Waals surface area (Å²) in [5.41, 5.74) is 0. The molecule has 1 aliphatic carbocycles. The van der Waals surface area contributed by atoms with Crippen LogP contribution in [0.3, 0.4) is 0 Å². The van der Waals surface area contributed by atoms with Crippen molar-refractivity contribution in [2.45, 2.75) is 38.5 Å². The summed E-state index contributed by atoms with van der Waals surface area (Å²) in [6.07, 6.45) is 6.20. The average molecular weight is 233 g/mol. The van der Waals surface area contributed by atoms with E-state index < -0.39 is 0 Å². The molecule has 0 aromatic carbocycles. The molecule has 0 saturated heterocycles. The van der Waals surface area contributed by atoms with Crippen molar-refractivity contribution in [3.05, 3.63) is 12.2 Å². The van der Waals surface area contributed by atoms with Gasteiger partial charge in [0, 0.05) is 5.92 Å². The predicted octanol–water partition coefficient (Wildman–Crippen LogP) is 2.15. The third kappa shape index (κ3) is 2.07. The highest BCUT2D eigenvalue weighted by molar-refractivity contribution is 5.39. The molecule has 1 N–H and O–H groups in total. The van der Waals surface area contributed by atoms with Crippen LogP contribution in [0.4, 0.5) is 0 Å². The van der Waals surface area contributed by atoms with E-state index in [4.69, 9.17) is 4.52 Å². The van der Waals surface area contributed by atoms with E-state index in [1.165, 1.54) is 19.2 Å². The molecule has 6 heteroatoms. The van der Waals surface area contributed by atoms with Crippen molar-refractivity contribution in [2.75, 3.05) is 0 Å². The molecule has 6 nitrogen and oxygen atoms in total. The molecule has 0 spiro atoms. The highest BCUT2D eigenvalue weighted by Gasteiger charge is 2.25. The quantitative estimate of drug-likeness (QED) is 0.859. The van der Waals surface area contributed by atoms with Crippen LogP contribution in [0.15, 0.2) is 10.9 Å². The molecule has 90 valence electrons. The number of nitrogens with one attached hydrogen (secondary N) is 1. The lowest BCUT2D eigenvalue weighted by atomic mass is 9.83. The molecule has 0 atom stereocenters. The summed E-state index contributed by atoms with van der Waals surface area (Å²) in [4.78, 5) is 8.40. The van der Waals surface area contributed by atoms with Gasteiger partial charge in [-0.1, -0.05) is 12.1 Å². The molecule has 1 aliphatic rings. The van der Waals surface area contributed by atoms with Gasteiger partial charge in [-0.05, 0) is 31.6 Å². The fourth-order valence-electron chi connectivity index (χ4n) is 2.32. The van der Waals surface area contributed by atoms with Crippen molar-refractivity contribution < 1.29 is 4.52 Å². The van der Waals surface area contributed by atoms with Crippen LogP contribution in [0.2, 0.25) is 0 Å². The zero-order valence-corrected chi connectivity index (χ0v) is 9.76. The Bertz CT molecular complexity index is 470. The molecular formula is C11H15N5O. The Kier molecular flexibility index (Phi) is 2.62. The first kappa shape index (κ1) is 10.4. The van der Waals surface area contributed by atoms with E-state index in [1.54, 1.807) is 0 Å². The second-order valence-corrected chi connectivity index (χ2v) is 4.75. The number of aromatic amines is 1. The summed E-state index contributed by atoms with van der Waals surface area (Å²) >= 11 is 0. The van der Waals surface area contributed by atoms with Gasteiger partial charge in [0.15, 0.2) is 5.82 Å². The molecule has 2 aromatic heterocycles. The van der Waals surface area contributed by atoms with Gasteiger partial charge in [-0.2, -0.15) is 10.1 Å². The van der Waals surface area contributed by atoms with Crippen LogP contribution in [-0.4, -0.2) is 25.3 Å². The largest absolute Gasteiger partial charge is 0.339 e. The first-order valence-electron chi connectivity index (χ1n) is 6.02. The Morgan fingerprint density at radius 3 is 2.82 bits per heavy atom. The first-order chi connectivity index (χ1) is 8.33. The van der Waals surface area contributed by atoms with E-state index >= 15 is 0 Å². The second-order valence-electron chi connectivity index (χ2n) is 4.75. The minimum atomic E-state index is 0.412. The van der Waals surface area contributed by atoms with E-state index in [1.807, 2.05) is 0 Å². The SMILES string of the molecule is CC1CCC(c2nc(-c3ncn[nH]3)no2)CC1. The van der Waals surface area contributed by atoms with E-state index in [0.29, 0.717) is 17.6 Å². The molecule has 1 saturated carbocycles. The number of rotatable bonds is 2. The van der Waals surface area contributed by atoms with Gasteiger partial charge in [0.25, 0.3) is 0 Å². The minimum Gasteiger partial charge on any atom is -0.339 e. The van der Waals surface area contributed by atoms with Crippen molar-refractivity contribution in [1.29, 1.82) is 0 Å². The van der Waals surface area contributed by atoms with Crippen LogP contribution in [0.1, 0.15) is 44.4 Å². The Hall–Kier alpha value is -1.72. The molecule has 0 radical (unpaired) electrons. The van der Waals surface area contributed by atoms with Crippen molar-refractivity contribution in [3.63, 3.8) is 0 Å². The molecule has 0 unspecified atom stereocenters. The maximum absolute atomic E-state index is 5.31. The molecule has 0 amide bonds. The summed E-state index contributed by atoms with van der Waals surface area (Å²) in [7, 11) is 0. The maximum atomic E-state index is 5.31. The summed E-state index contributed by atoms with van der Waals surface area (Å²) < 4.78 is 5.31. The van der Waals surface area contributed by atoms with Crippen LogP contribution >= 0.6 is 0 Å². The van der Waals surface area contributed by atoms with Gasteiger partial charge in [-0.25, -0.2) is 4.98 Å². The molecule has 17 heavy (non-hydrogen) atoms. The van der Waals surface area contributed by atoms with Crippen LogP contribution in [0.25, 0.3) is 11.6 Å². The van der Waals surface area contributed by atoms with Crippen molar-refractivity contribution in [3.8, 4) is 11.6 Å². The number of hydrogen-bond donors (Lipinski definition) is 1. The Balaban J connectivity index is 1.76. The molecule has 0 aliphatic heterocycles. The van der Waals surface area contributed by atoms with Crippen molar-refractivity contribution in [1.82, 2.24) is 25.3 Å². The van der Waals surface area contributed by atoms with Gasteiger partial charge in [-0.15, -0.1) is 0 Å². The van der Waals surface area contributed by atoms with E-state index in [-0.39, 0.29) is 0 Å². The number of hydrogen-bond acceptors (Lipinski definition) is 5. The lowest BCUT2D eigenvalue weighted by Gasteiger charge is -2.22. The van der Waals surface area contributed by atoms with Crippen LogP contribution < -0.4 is 0 Å². The number of H-pyrrole nitrogens is 1. The van der Waals surface area contributed by atoms with Crippen LogP contribution in [0.5, 0.6) is 0 Å². The van der Waals surface area contributed by atoms with Gasteiger partial charge in [0.05, 0.1) is 0 Å². The smallest absolute Gasteiger partial charge is 0.239 e. The lowest BCUT2D eigenvalue weighted by molar-refractivity contribution is 0.281. The Labute approximate surface area is 98.8 Å². The van der Waals surface area contributed by atoms with Gasteiger partial charge < -0.3 is 4.52 Å². The van der Waals surface area contributed by atoms with Crippen molar-refractivity contribution >= 4 is 0 Å². The van der Waals surface area contributed by atoms with E-state index in [9.17, 15) is 0 Å². The van der Waals surface area contributed by atoms with Crippen molar-refractivity contribution in [2.24, 2.45) is 5.92 Å². The molecule has 1 fully saturated rings. The van der Waals surface area contributed by atoms with Gasteiger partial charge >= 0.3 is 0 Å². The fraction of sp³-hybridized carbons (Fsp3) is 0.636. The zero-order chi connectivity index (χ0) is 11.7. The third-order valence-corrected chi connectivity index (χ3v) is 3.43. The second kappa shape index (κ2) is 4.27. The highest BCUT2D eigenvalue weighted by atomic mass is 16.5. The Morgan fingerprint density at radius 1 is 1.29 bits per heavy atom. The average Bonchev–Trinajstić information content (AvgIpc) is 3.00. The van der Waals surface area contributed by atoms with E-state index in [0.717, 1.165) is 24.7 Å². The first-order valence-corrected chi connectivity index (χ1v) is 6.02. The number of nitrogens with zero attached hydrogens (tertiary/aromatic N) is 4. The van der Waals surface area contributed by atoms with E-state index in [2.05, 4.69) is 32.2 Å². The maximum Gasteiger partial charge on any atom is 0.239 e.